The van der Waals surface area contributed by atoms with Gasteiger partial charge in [-0.05, 0) is 36.8 Å². The summed E-state index contributed by atoms with van der Waals surface area (Å²) in [4.78, 5) is 12.0. The third-order valence-electron chi connectivity index (χ3n) is 2.81. The van der Waals surface area contributed by atoms with Crippen LogP contribution in [0, 0.1) is 6.92 Å². The van der Waals surface area contributed by atoms with Crippen LogP contribution in [0.1, 0.15) is 5.56 Å². The Balaban J connectivity index is 2.49. The average Bonchev–Trinajstić information content (AvgIpc) is 2.37. The first-order chi connectivity index (χ1) is 9.31. The van der Waals surface area contributed by atoms with E-state index in [-0.39, 0.29) is 10.6 Å². The number of nitrogens with zero attached hydrogens (tertiary/aromatic N) is 1. The van der Waals surface area contributed by atoms with Gasteiger partial charge in [-0.1, -0.05) is 22.0 Å². The molecule has 106 valence electrons. The van der Waals surface area contributed by atoms with E-state index in [1.807, 2.05) is 0 Å². The van der Waals surface area contributed by atoms with E-state index in [1.165, 1.54) is 16.7 Å². The van der Waals surface area contributed by atoms with Crippen molar-refractivity contribution in [1.29, 1.82) is 0 Å². The molecule has 20 heavy (non-hydrogen) atoms. The van der Waals surface area contributed by atoms with E-state index in [4.69, 9.17) is 0 Å². The summed E-state index contributed by atoms with van der Waals surface area (Å²) in [5, 5.41) is 0. The van der Waals surface area contributed by atoms with Gasteiger partial charge in [0, 0.05) is 17.7 Å². The number of aromatic nitrogens is 1. The second-order valence-corrected chi connectivity index (χ2v) is 6.92. The molecule has 1 aromatic heterocycles. The highest BCUT2D eigenvalue weighted by Gasteiger charge is 2.18. The molecule has 0 amide bonds. The molecule has 2 rings (SSSR count). The average molecular weight is 357 g/mol. The number of anilines is 1. The number of rotatable bonds is 3. The molecule has 0 aliphatic heterocycles. The van der Waals surface area contributed by atoms with Gasteiger partial charge < -0.3 is 4.57 Å². The Morgan fingerprint density at radius 2 is 1.95 bits per heavy atom. The van der Waals surface area contributed by atoms with Crippen LogP contribution in [0.15, 0.2) is 50.7 Å². The fraction of sp³-hybridized carbons (Fsp3) is 0.154. The highest BCUT2D eigenvalue weighted by atomic mass is 79.9. The van der Waals surface area contributed by atoms with E-state index in [0.29, 0.717) is 10.0 Å². The van der Waals surface area contributed by atoms with Crippen molar-refractivity contribution in [2.24, 2.45) is 7.05 Å². The summed E-state index contributed by atoms with van der Waals surface area (Å²) in [6.45, 7) is 1.70. The molecular formula is C13H13BrN2O3S. The summed E-state index contributed by atoms with van der Waals surface area (Å²) >= 11 is 3.24. The number of sulfonamides is 1. The van der Waals surface area contributed by atoms with E-state index in [2.05, 4.69) is 20.7 Å². The number of pyridine rings is 1. The van der Waals surface area contributed by atoms with Crippen LogP contribution in [-0.4, -0.2) is 13.0 Å². The highest BCUT2D eigenvalue weighted by Crippen LogP contribution is 2.22. The second-order valence-electron chi connectivity index (χ2n) is 4.35. The molecule has 2 aromatic rings. The monoisotopic (exact) mass is 356 g/mol. The van der Waals surface area contributed by atoms with E-state index in [1.54, 1.807) is 38.4 Å². The SMILES string of the molecule is Cc1ccc(Br)cc1S(=O)(=O)Nc1cccn(C)c1=O. The molecule has 7 heteroatoms. The molecule has 0 aliphatic carbocycles. The van der Waals surface area contributed by atoms with Crippen LogP contribution in [-0.2, 0) is 17.1 Å². The van der Waals surface area contributed by atoms with Gasteiger partial charge in [0.25, 0.3) is 15.6 Å². The lowest BCUT2D eigenvalue weighted by Gasteiger charge is -2.11. The lowest BCUT2D eigenvalue weighted by atomic mass is 10.2. The molecule has 0 spiro atoms. The molecule has 0 radical (unpaired) electrons. The Morgan fingerprint density at radius 3 is 2.65 bits per heavy atom. The lowest BCUT2D eigenvalue weighted by Crippen LogP contribution is -2.24. The van der Waals surface area contributed by atoms with Gasteiger partial charge in [-0.2, -0.15) is 0 Å². The van der Waals surface area contributed by atoms with Crippen molar-refractivity contribution in [3.8, 4) is 0 Å². The van der Waals surface area contributed by atoms with Crippen molar-refractivity contribution >= 4 is 31.6 Å². The van der Waals surface area contributed by atoms with Crippen molar-refractivity contribution in [2.45, 2.75) is 11.8 Å². The first-order valence-corrected chi connectivity index (χ1v) is 8.03. The zero-order valence-corrected chi connectivity index (χ0v) is 13.3. The van der Waals surface area contributed by atoms with Gasteiger partial charge in [0.2, 0.25) is 0 Å². The van der Waals surface area contributed by atoms with Gasteiger partial charge >= 0.3 is 0 Å². The molecule has 0 fully saturated rings. The lowest BCUT2D eigenvalue weighted by molar-refractivity contribution is 0.600. The van der Waals surface area contributed by atoms with Gasteiger partial charge in [0.1, 0.15) is 5.69 Å². The number of halogens is 1. The number of benzene rings is 1. The van der Waals surface area contributed by atoms with Gasteiger partial charge in [0.15, 0.2) is 0 Å². The molecule has 1 heterocycles. The summed E-state index contributed by atoms with van der Waals surface area (Å²) < 4.78 is 29.0. The predicted molar refractivity (Wildman–Crippen MR) is 81.4 cm³/mol. The summed E-state index contributed by atoms with van der Waals surface area (Å²) in [5.41, 5.74) is 0.228. The Labute approximate surface area is 125 Å². The molecule has 0 atom stereocenters. The van der Waals surface area contributed by atoms with Crippen LogP contribution in [0.4, 0.5) is 5.69 Å². The van der Waals surface area contributed by atoms with Crippen LogP contribution in [0.5, 0.6) is 0 Å². The topological polar surface area (TPSA) is 68.2 Å². The van der Waals surface area contributed by atoms with Gasteiger partial charge in [0.05, 0.1) is 4.90 Å². The van der Waals surface area contributed by atoms with Crippen molar-refractivity contribution in [1.82, 2.24) is 4.57 Å². The number of nitrogens with one attached hydrogen (secondary N) is 1. The summed E-state index contributed by atoms with van der Waals surface area (Å²) in [7, 11) is -2.24. The van der Waals surface area contributed by atoms with Crippen LogP contribution < -0.4 is 10.3 Å². The number of hydrogen-bond donors (Lipinski definition) is 1. The molecular weight excluding hydrogens is 344 g/mol. The van der Waals surface area contributed by atoms with Crippen LogP contribution in [0.3, 0.4) is 0 Å². The second kappa shape index (κ2) is 5.41. The summed E-state index contributed by atoms with van der Waals surface area (Å²) in [5.74, 6) is 0. The first-order valence-electron chi connectivity index (χ1n) is 5.76. The molecule has 0 unspecified atom stereocenters. The van der Waals surface area contributed by atoms with Gasteiger partial charge in [-0.25, -0.2) is 8.42 Å². The Bertz CT molecular complexity index is 813. The number of hydrogen-bond acceptors (Lipinski definition) is 3. The Hall–Kier alpha value is -1.60. The maximum Gasteiger partial charge on any atom is 0.274 e. The molecule has 1 N–H and O–H groups in total. The highest BCUT2D eigenvalue weighted by molar-refractivity contribution is 9.10. The molecule has 0 saturated carbocycles. The zero-order valence-electron chi connectivity index (χ0n) is 10.9. The first kappa shape index (κ1) is 14.8. The third-order valence-corrected chi connectivity index (χ3v) is 4.81. The molecule has 0 saturated heterocycles. The van der Waals surface area contributed by atoms with Crippen molar-refractivity contribution in [3.63, 3.8) is 0 Å². The molecule has 1 aromatic carbocycles. The van der Waals surface area contributed by atoms with Gasteiger partial charge in [-0.15, -0.1) is 0 Å². The van der Waals surface area contributed by atoms with E-state index in [9.17, 15) is 13.2 Å². The maximum absolute atomic E-state index is 12.4. The van der Waals surface area contributed by atoms with Crippen LogP contribution in [0.2, 0.25) is 0 Å². The molecule has 5 nitrogen and oxygen atoms in total. The minimum atomic E-state index is -3.80. The standard InChI is InChI=1S/C13H13BrN2O3S/c1-9-5-6-10(14)8-12(9)20(18,19)15-11-4-3-7-16(2)13(11)17/h3-8,15H,1-2H3. The minimum Gasteiger partial charge on any atom is -0.317 e. The largest absolute Gasteiger partial charge is 0.317 e. The zero-order chi connectivity index (χ0) is 14.9. The Morgan fingerprint density at radius 1 is 1.25 bits per heavy atom. The fourth-order valence-corrected chi connectivity index (χ4v) is 3.58. The van der Waals surface area contributed by atoms with Crippen LogP contribution in [0.25, 0.3) is 0 Å². The summed E-state index contributed by atoms with van der Waals surface area (Å²) in [6.07, 6.45) is 1.56. The van der Waals surface area contributed by atoms with Crippen LogP contribution >= 0.6 is 15.9 Å². The van der Waals surface area contributed by atoms with Crippen molar-refractivity contribution in [2.75, 3.05) is 4.72 Å². The third kappa shape index (κ3) is 2.94. The predicted octanol–water partition coefficient (Wildman–Crippen LogP) is 2.26. The minimum absolute atomic E-state index is 0.0226. The molecule has 0 aliphatic rings. The van der Waals surface area contributed by atoms with Crippen molar-refractivity contribution < 1.29 is 8.42 Å². The van der Waals surface area contributed by atoms with E-state index in [0.717, 1.165) is 0 Å². The maximum atomic E-state index is 12.4. The van der Waals surface area contributed by atoms with E-state index >= 15 is 0 Å². The molecule has 0 bridgehead atoms. The fourth-order valence-electron chi connectivity index (χ4n) is 1.74. The number of aryl methyl sites for hydroxylation is 2. The normalized spacial score (nSPS) is 11.3. The van der Waals surface area contributed by atoms with E-state index < -0.39 is 15.6 Å². The summed E-state index contributed by atoms with van der Waals surface area (Å²) in [6, 6.07) is 8.00. The van der Waals surface area contributed by atoms with Gasteiger partial charge in [-0.3, -0.25) is 9.52 Å². The Kier molecular flexibility index (Phi) is 4.01. The smallest absolute Gasteiger partial charge is 0.274 e. The quantitative estimate of drug-likeness (QED) is 0.916. The van der Waals surface area contributed by atoms with Crippen molar-refractivity contribution in [3.05, 3.63) is 56.9 Å².